The molecule has 0 unspecified atom stereocenters. The number of carbonyl (C=O) groups is 1. The Balaban J connectivity index is 1.24. The number of benzene rings is 2. The molecular formula is C31H39N7O5S. The summed E-state index contributed by atoms with van der Waals surface area (Å²) in [5.41, 5.74) is 1.14. The third-order valence-electron chi connectivity index (χ3n) is 7.23. The maximum atomic E-state index is 12.6. The number of piperazine rings is 1. The SMILES string of the molecule is COc1cc2ncnc(Sc3cccc(NC(=O)Nc4cc(C(C)(C)C)on4)c3)c2cc1OCCN1CCN(CCO)CC1. The van der Waals surface area contributed by atoms with E-state index in [1.54, 1.807) is 13.2 Å². The Hall–Kier alpha value is -3.91. The number of β-amino-alcohol motifs (C(OH)–C–C–N with tert-alkyl or cyclic N) is 1. The molecular weight excluding hydrogens is 582 g/mol. The van der Waals surface area contributed by atoms with Crippen LogP contribution in [-0.2, 0) is 5.41 Å². The summed E-state index contributed by atoms with van der Waals surface area (Å²) < 4.78 is 17.2. The number of hydrogen-bond donors (Lipinski definition) is 3. The summed E-state index contributed by atoms with van der Waals surface area (Å²) in [7, 11) is 1.62. The number of ether oxygens (including phenoxy) is 2. The second-order valence-electron chi connectivity index (χ2n) is 11.5. The average Bonchev–Trinajstić information content (AvgIpc) is 3.47. The second-order valence-corrected chi connectivity index (χ2v) is 12.6. The Kier molecular flexibility index (Phi) is 10.2. The van der Waals surface area contributed by atoms with Gasteiger partial charge in [-0.15, -0.1) is 0 Å². The number of aromatic nitrogens is 3. The van der Waals surface area contributed by atoms with Crippen molar-refractivity contribution in [3.8, 4) is 11.5 Å². The molecule has 0 atom stereocenters. The van der Waals surface area contributed by atoms with Gasteiger partial charge in [0.25, 0.3) is 0 Å². The lowest BCUT2D eigenvalue weighted by molar-refractivity contribution is 0.101. The van der Waals surface area contributed by atoms with E-state index in [1.807, 2.05) is 57.2 Å². The van der Waals surface area contributed by atoms with Crippen LogP contribution in [0.5, 0.6) is 11.5 Å². The number of methoxy groups -OCH3 is 1. The van der Waals surface area contributed by atoms with Gasteiger partial charge in [0, 0.05) is 72.8 Å². The maximum absolute atomic E-state index is 12.6. The van der Waals surface area contributed by atoms with Crippen LogP contribution in [0.1, 0.15) is 26.5 Å². The first-order valence-electron chi connectivity index (χ1n) is 14.6. The lowest BCUT2D eigenvalue weighted by Crippen LogP contribution is -2.48. The van der Waals surface area contributed by atoms with Gasteiger partial charge in [-0.3, -0.25) is 15.1 Å². The van der Waals surface area contributed by atoms with E-state index in [9.17, 15) is 4.79 Å². The van der Waals surface area contributed by atoms with Crippen molar-refractivity contribution in [2.75, 3.05) is 70.2 Å². The van der Waals surface area contributed by atoms with Crippen molar-refractivity contribution in [2.45, 2.75) is 36.1 Å². The fourth-order valence-electron chi connectivity index (χ4n) is 4.77. The zero-order valence-corrected chi connectivity index (χ0v) is 26.3. The number of anilines is 2. The van der Waals surface area contributed by atoms with E-state index >= 15 is 0 Å². The van der Waals surface area contributed by atoms with Crippen molar-refractivity contribution in [1.82, 2.24) is 24.9 Å². The van der Waals surface area contributed by atoms with Crippen LogP contribution in [0.4, 0.5) is 16.3 Å². The fourth-order valence-corrected chi connectivity index (χ4v) is 5.70. The van der Waals surface area contributed by atoms with Crippen LogP contribution >= 0.6 is 11.8 Å². The summed E-state index contributed by atoms with van der Waals surface area (Å²) in [6.07, 6.45) is 1.53. The zero-order valence-electron chi connectivity index (χ0n) is 25.5. The molecule has 0 spiro atoms. The Morgan fingerprint density at radius 2 is 1.80 bits per heavy atom. The molecule has 234 valence electrons. The summed E-state index contributed by atoms with van der Waals surface area (Å²) in [4.78, 5) is 27.2. The van der Waals surface area contributed by atoms with E-state index in [0.29, 0.717) is 35.4 Å². The van der Waals surface area contributed by atoms with Crippen molar-refractivity contribution in [1.29, 1.82) is 0 Å². The number of amides is 2. The van der Waals surface area contributed by atoms with E-state index in [1.165, 1.54) is 18.1 Å². The summed E-state index contributed by atoms with van der Waals surface area (Å²) in [5.74, 6) is 2.27. The molecule has 5 rings (SSSR count). The molecule has 3 N–H and O–H groups in total. The van der Waals surface area contributed by atoms with Crippen LogP contribution in [0.3, 0.4) is 0 Å². The first kappa shape index (κ1) is 31.5. The highest BCUT2D eigenvalue weighted by Crippen LogP contribution is 2.38. The lowest BCUT2D eigenvalue weighted by atomic mass is 9.93. The van der Waals surface area contributed by atoms with Crippen molar-refractivity contribution < 1.29 is 23.9 Å². The molecule has 1 saturated heterocycles. The number of rotatable bonds is 11. The number of nitrogens with zero attached hydrogens (tertiary/aromatic N) is 5. The number of hydrogen-bond acceptors (Lipinski definition) is 11. The topological polar surface area (TPSA) is 138 Å². The van der Waals surface area contributed by atoms with E-state index in [4.69, 9.17) is 19.1 Å². The number of fused-ring (bicyclic) bond motifs is 1. The van der Waals surface area contributed by atoms with Crippen LogP contribution in [0.15, 0.2) is 63.2 Å². The minimum absolute atomic E-state index is 0.192. The number of urea groups is 1. The fraction of sp³-hybridized carbons (Fsp3) is 0.419. The minimum atomic E-state index is -0.422. The molecule has 0 radical (unpaired) electrons. The first-order valence-corrected chi connectivity index (χ1v) is 15.4. The molecule has 12 nitrogen and oxygen atoms in total. The Morgan fingerprint density at radius 1 is 1.02 bits per heavy atom. The van der Waals surface area contributed by atoms with Gasteiger partial charge in [0.1, 0.15) is 23.7 Å². The van der Waals surface area contributed by atoms with E-state index in [-0.39, 0.29) is 12.0 Å². The smallest absolute Gasteiger partial charge is 0.324 e. The third-order valence-corrected chi connectivity index (χ3v) is 8.24. The molecule has 1 aliphatic heterocycles. The van der Waals surface area contributed by atoms with Crippen LogP contribution < -0.4 is 20.1 Å². The first-order chi connectivity index (χ1) is 21.2. The van der Waals surface area contributed by atoms with Crippen LogP contribution in [0.25, 0.3) is 10.9 Å². The molecule has 2 aromatic heterocycles. The normalized spacial score (nSPS) is 14.5. The zero-order chi connectivity index (χ0) is 31.1. The van der Waals surface area contributed by atoms with Gasteiger partial charge in [-0.25, -0.2) is 14.8 Å². The molecule has 2 aromatic carbocycles. The maximum Gasteiger partial charge on any atom is 0.324 e. The highest BCUT2D eigenvalue weighted by atomic mass is 32.2. The van der Waals surface area contributed by atoms with Crippen LogP contribution in [-0.4, -0.2) is 95.7 Å². The summed E-state index contributed by atoms with van der Waals surface area (Å²) in [6, 6.07) is 12.6. The van der Waals surface area contributed by atoms with Gasteiger partial charge < -0.3 is 24.4 Å². The number of nitrogens with one attached hydrogen (secondary N) is 2. The Bertz CT molecular complexity index is 1570. The van der Waals surface area contributed by atoms with Gasteiger partial charge in [0.2, 0.25) is 0 Å². The third kappa shape index (κ3) is 8.17. The van der Waals surface area contributed by atoms with E-state index < -0.39 is 6.03 Å². The standard InChI is InChI=1S/C31H39N7O5S/c1-31(2,3)27-19-28(36-43-27)35-30(40)34-21-6-5-7-22(16-21)44-29-23-17-26(25(41-4)18-24(23)32-20-33-29)42-15-13-38-10-8-37(9-11-38)12-14-39/h5-7,16-20,39H,8-15H2,1-4H3,(H2,34,35,36,40). The monoisotopic (exact) mass is 621 g/mol. The quantitative estimate of drug-likeness (QED) is 0.201. The predicted molar refractivity (Wildman–Crippen MR) is 170 cm³/mol. The number of carbonyl (C=O) groups excluding carboxylic acids is 1. The number of aliphatic hydroxyl groups is 1. The van der Waals surface area contributed by atoms with Gasteiger partial charge in [0.05, 0.1) is 19.2 Å². The summed E-state index contributed by atoms with van der Waals surface area (Å²) >= 11 is 1.46. The average molecular weight is 622 g/mol. The predicted octanol–water partition coefficient (Wildman–Crippen LogP) is 4.71. The van der Waals surface area contributed by atoms with Gasteiger partial charge in [0.15, 0.2) is 17.3 Å². The summed E-state index contributed by atoms with van der Waals surface area (Å²) in [6.45, 7) is 12.0. The molecule has 1 aliphatic rings. The molecule has 0 aliphatic carbocycles. The van der Waals surface area contributed by atoms with Gasteiger partial charge >= 0.3 is 6.03 Å². The lowest BCUT2D eigenvalue weighted by Gasteiger charge is -2.34. The molecule has 0 saturated carbocycles. The largest absolute Gasteiger partial charge is 0.493 e. The molecule has 3 heterocycles. The molecule has 13 heteroatoms. The van der Waals surface area contributed by atoms with E-state index in [0.717, 1.165) is 60.1 Å². The van der Waals surface area contributed by atoms with E-state index in [2.05, 4.69) is 35.6 Å². The minimum Gasteiger partial charge on any atom is -0.493 e. The van der Waals surface area contributed by atoms with Gasteiger partial charge in [-0.05, 0) is 24.3 Å². The molecule has 1 fully saturated rings. The van der Waals surface area contributed by atoms with Crippen molar-refractivity contribution in [3.63, 3.8) is 0 Å². The number of aliphatic hydroxyl groups excluding tert-OH is 1. The van der Waals surface area contributed by atoms with Crippen LogP contribution in [0, 0.1) is 0 Å². The highest BCUT2D eigenvalue weighted by molar-refractivity contribution is 7.99. The Labute approximate surface area is 261 Å². The molecule has 4 aromatic rings. The Morgan fingerprint density at radius 3 is 2.50 bits per heavy atom. The molecule has 44 heavy (non-hydrogen) atoms. The molecule has 0 bridgehead atoms. The summed E-state index contributed by atoms with van der Waals surface area (Å²) in [5, 5.41) is 20.3. The van der Waals surface area contributed by atoms with Crippen molar-refractivity contribution in [3.05, 3.63) is 54.6 Å². The second kappa shape index (κ2) is 14.2. The van der Waals surface area contributed by atoms with Crippen molar-refractivity contribution >= 4 is 40.2 Å². The molecule has 2 amide bonds. The highest BCUT2D eigenvalue weighted by Gasteiger charge is 2.21. The van der Waals surface area contributed by atoms with Gasteiger partial charge in [-0.1, -0.05) is 43.8 Å². The van der Waals surface area contributed by atoms with Crippen molar-refractivity contribution in [2.24, 2.45) is 0 Å². The van der Waals surface area contributed by atoms with Crippen LogP contribution in [0.2, 0.25) is 0 Å². The van der Waals surface area contributed by atoms with Gasteiger partial charge in [-0.2, -0.15) is 0 Å².